The summed E-state index contributed by atoms with van der Waals surface area (Å²) in [5.74, 6) is 1.45. The first-order valence-corrected chi connectivity index (χ1v) is 33.0. The maximum atomic E-state index is 13.4. The van der Waals surface area contributed by atoms with E-state index in [4.69, 9.17) is 0 Å². The number of hydrogen-bond donors (Lipinski definition) is 6. The number of benzene rings is 8. The lowest BCUT2D eigenvalue weighted by molar-refractivity contribution is -0.127. The fourth-order valence-electron chi connectivity index (χ4n) is 15.3. The second-order valence-corrected chi connectivity index (χ2v) is 25.8. The fraction of sp³-hybridized carbons (Fsp3) is 0.155. The molecule has 1 fully saturated rings. The van der Waals surface area contributed by atoms with E-state index in [-0.39, 0.29) is 17.5 Å². The molecule has 14 aromatic rings. The predicted octanol–water partition coefficient (Wildman–Crippen LogP) is 17.3. The highest BCUT2D eigenvalue weighted by atomic mass is 16.2. The lowest BCUT2D eigenvalue weighted by atomic mass is 9.77. The van der Waals surface area contributed by atoms with Gasteiger partial charge in [-0.1, -0.05) is 182 Å². The Morgan fingerprint density at radius 1 is 0.547 bits per heavy atom. The summed E-state index contributed by atoms with van der Waals surface area (Å²) in [5.41, 5.74) is 22.3. The van der Waals surface area contributed by atoms with Gasteiger partial charge in [-0.05, 0) is 148 Å². The third kappa shape index (κ3) is 10.7. The molecule has 11 nitrogen and oxygen atoms in total. The number of aldehydes is 1. The van der Waals surface area contributed by atoms with Crippen molar-refractivity contribution in [2.75, 3.05) is 0 Å². The molecular weight excluding hydrogens is 1170 g/mol. The Balaban J connectivity index is 0.000000100. The second-order valence-electron chi connectivity index (χ2n) is 25.8. The van der Waals surface area contributed by atoms with Crippen LogP contribution in [0.3, 0.4) is 0 Å². The van der Waals surface area contributed by atoms with Gasteiger partial charge < -0.3 is 35.0 Å². The Kier molecular flexibility index (Phi) is 15.2. The molecule has 1 saturated carbocycles. The van der Waals surface area contributed by atoms with Gasteiger partial charge >= 0.3 is 0 Å². The average molecular weight is 1240 g/mol. The molecule has 5 aliphatic rings. The van der Waals surface area contributed by atoms with Crippen LogP contribution in [0.25, 0.3) is 82.1 Å². The van der Waals surface area contributed by atoms with Crippen molar-refractivity contribution in [2.45, 2.75) is 75.7 Å². The first-order chi connectivity index (χ1) is 46.7. The predicted molar refractivity (Wildman–Crippen MR) is 382 cm³/mol. The summed E-state index contributed by atoms with van der Waals surface area (Å²) in [7, 11) is 0. The molecule has 0 saturated heterocycles. The molecule has 0 spiro atoms. The van der Waals surface area contributed by atoms with Crippen LogP contribution < -0.4 is 5.32 Å². The second kappa shape index (κ2) is 24.6. The van der Waals surface area contributed by atoms with Gasteiger partial charge in [-0.15, -0.1) is 0 Å². The maximum Gasteiger partial charge on any atom is 0.237 e. The summed E-state index contributed by atoms with van der Waals surface area (Å²) >= 11 is 0. The minimum absolute atomic E-state index is 0.0166. The fourth-order valence-corrected chi connectivity index (χ4v) is 15.3. The number of carbonyl (C=O) groups is 4. The highest BCUT2D eigenvalue weighted by Crippen LogP contribution is 2.53. The van der Waals surface area contributed by atoms with Crippen molar-refractivity contribution in [3.8, 4) is 0 Å². The largest absolute Gasteiger partial charge is 0.361 e. The average Bonchev–Trinajstić information content (AvgIpc) is 1.61. The monoisotopic (exact) mass is 1240 g/mol. The van der Waals surface area contributed by atoms with Crippen molar-refractivity contribution in [1.82, 2.24) is 35.2 Å². The van der Waals surface area contributed by atoms with Crippen molar-refractivity contribution < 1.29 is 19.2 Å². The molecule has 95 heavy (non-hydrogen) atoms. The molecule has 464 valence electrons. The molecule has 8 aromatic carbocycles. The normalized spacial score (nSPS) is 17.0. The molecule has 1 aliphatic heterocycles. The summed E-state index contributed by atoms with van der Waals surface area (Å²) in [4.78, 5) is 71.8. The number of H-pyrrole nitrogens is 5. The summed E-state index contributed by atoms with van der Waals surface area (Å²) in [6.07, 6.45) is 22.4. The number of aromatic nitrogens is 6. The topological polar surface area (TPSA) is 172 Å². The van der Waals surface area contributed by atoms with E-state index in [9.17, 15) is 19.2 Å². The number of ketones is 2. The van der Waals surface area contributed by atoms with Crippen LogP contribution in [-0.2, 0) is 51.9 Å². The maximum absolute atomic E-state index is 13.4. The zero-order valence-electron chi connectivity index (χ0n) is 52.6. The molecule has 4 aliphatic carbocycles. The van der Waals surface area contributed by atoms with Crippen molar-refractivity contribution >= 4 is 106 Å². The first-order valence-electron chi connectivity index (χ1n) is 33.0. The van der Waals surface area contributed by atoms with E-state index in [1.165, 1.54) is 62.7 Å². The number of fused-ring (bicyclic) bond motifs is 12. The summed E-state index contributed by atoms with van der Waals surface area (Å²) < 4.78 is 0. The Hall–Kier alpha value is -11.4. The van der Waals surface area contributed by atoms with Crippen molar-refractivity contribution in [3.05, 3.63) is 310 Å². The van der Waals surface area contributed by atoms with Crippen molar-refractivity contribution in [2.24, 2.45) is 5.92 Å². The van der Waals surface area contributed by atoms with Gasteiger partial charge in [0.1, 0.15) is 23.2 Å². The quantitative estimate of drug-likeness (QED) is 0.0558. The Bertz CT molecular complexity index is 5460. The number of para-hydroxylation sites is 5. The highest BCUT2D eigenvalue weighted by Gasteiger charge is 2.46. The van der Waals surface area contributed by atoms with Gasteiger partial charge in [-0.25, -0.2) is 0 Å². The molecular formula is C84H69N7O4. The number of hydrogen-bond acceptors (Lipinski definition) is 5. The van der Waals surface area contributed by atoms with Gasteiger partial charge in [-0.2, -0.15) is 0 Å². The summed E-state index contributed by atoms with van der Waals surface area (Å²) in [5, 5.41) is 9.69. The molecule has 7 heterocycles. The standard InChI is InChI=1S/C22H19N3O2.C21H14N2O.C21H19N.C20H17NO/c1-22(17-11-23-18-8-4-3-7-15(17)18)20-16(10-13(12-26)24-21(22)27)14-6-2-5-9-19(14)25-20;24-21(17-10-9-13-5-1-2-6-14(13)17)20-19-16(11-12-22-20)15-7-3-4-8-18(15)23-19;1-2-6-16-14(5-1)11-12-18(16)21(15-9-10-15)19-13-22-20-8-4-3-7-17(19)20;22-17(11-15-10-9-14-5-1-2-6-18(14)15)12-16-13-21-20-8-4-3-7-19(16)20/h2-9,11-13,23,25H,10H2,1H3,(H,24,27);1-8,10-12,23H,9H2;1-8,12-13,15,21-22H,9-11H2;1-8,10,13,21H,9,11-12H2/t13-,22+;;;/m0.../s1. The van der Waals surface area contributed by atoms with Gasteiger partial charge in [0, 0.05) is 121 Å². The van der Waals surface area contributed by atoms with Crippen LogP contribution in [0.2, 0.25) is 0 Å². The van der Waals surface area contributed by atoms with Crippen LogP contribution in [0.4, 0.5) is 0 Å². The van der Waals surface area contributed by atoms with Crippen molar-refractivity contribution in [1.29, 1.82) is 0 Å². The summed E-state index contributed by atoms with van der Waals surface area (Å²) in [6.45, 7) is 1.93. The van der Waals surface area contributed by atoms with Crippen molar-refractivity contribution in [3.63, 3.8) is 0 Å². The zero-order valence-corrected chi connectivity index (χ0v) is 52.6. The van der Waals surface area contributed by atoms with Crippen LogP contribution in [0.5, 0.6) is 0 Å². The number of Topliss-reactive ketones (excluding diaryl/α,β-unsaturated/α-hetero) is 2. The number of nitrogens with one attached hydrogen (secondary N) is 6. The number of allylic oxidation sites excluding steroid dienone is 6. The van der Waals surface area contributed by atoms with E-state index in [0.717, 1.165) is 120 Å². The van der Waals surface area contributed by atoms with Crippen LogP contribution in [0.1, 0.15) is 104 Å². The van der Waals surface area contributed by atoms with Gasteiger partial charge in [0.25, 0.3) is 0 Å². The number of amides is 1. The van der Waals surface area contributed by atoms with E-state index in [1.807, 2.05) is 141 Å². The minimum Gasteiger partial charge on any atom is -0.361 e. The summed E-state index contributed by atoms with van der Waals surface area (Å²) in [6, 6.07) is 67.6. The lowest BCUT2D eigenvalue weighted by Gasteiger charge is -2.27. The molecule has 6 aromatic heterocycles. The zero-order chi connectivity index (χ0) is 64.2. The number of aromatic amines is 5. The number of nitrogens with zero attached hydrogens (tertiary/aromatic N) is 1. The number of pyridine rings is 1. The smallest absolute Gasteiger partial charge is 0.237 e. The molecule has 0 radical (unpaired) electrons. The molecule has 1 unspecified atom stereocenters. The minimum atomic E-state index is -0.939. The van der Waals surface area contributed by atoms with E-state index < -0.39 is 11.5 Å². The Morgan fingerprint density at radius 3 is 1.84 bits per heavy atom. The van der Waals surface area contributed by atoms with Crippen LogP contribution >= 0.6 is 0 Å². The SMILES string of the molecule is C1=C(C(c2c[nH]c3ccccc23)C2CC2)c2ccccc2C1.C[C@]1(c2c[nH]c3ccccc23)C(=O)N[C@H](C=O)Cc2c1[nH]c1ccccc21.O=C(C1=CCc2ccccc21)c1nccc2c1[nH]c1ccccc12.O=C(CC1=CCc2ccccc21)Cc1c[nH]c2ccccc12. The van der Waals surface area contributed by atoms with E-state index in [2.05, 4.69) is 138 Å². The lowest BCUT2D eigenvalue weighted by Crippen LogP contribution is -2.46. The van der Waals surface area contributed by atoms with E-state index in [0.29, 0.717) is 30.9 Å². The Labute approximate surface area is 549 Å². The molecule has 19 rings (SSSR count). The van der Waals surface area contributed by atoms with E-state index in [1.54, 1.807) is 11.8 Å². The molecule has 1 amide bonds. The molecule has 6 N–H and O–H groups in total. The third-order valence-electron chi connectivity index (χ3n) is 20.2. The number of rotatable bonds is 11. The molecule has 3 atom stereocenters. The van der Waals surface area contributed by atoms with Gasteiger partial charge in [0.15, 0.2) is 0 Å². The van der Waals surface area contributed by atoms with Crippen LogP contribution in [-0.4, -0.2) is 59.7 Å². The van der Waals surface area contributed by atoms with Crippen LogP contribution in [0, 0.1) is 5.92 Å². The first kappa shape index (κ1) is 58.6. The highest BCUT2D eigenvalue weighted by molar-refractivity contribution is 6.33. The van der Waals surface area contributed by atoms with Gasteiger partial charge in [-0.3, -0.25) is 19.4 Å². The van der Waals surface area contributed by atoms with Gasteiger partial charge in [0.05, 0.1) is 11.6 Å². The molecule has 0 bridgehead atoms. The number of carbonyl (C=O) groups excluding carboxylic acids is 4. The van der Waals surface area contributed by atoms with E-state index >= 15 is 0 Å². The molecule has 11 heteroatoms. The Morgan fingerprint density at radius 2 is 1.11 bits per heavy atom. The third-order valence-corrected chi connectivity index (χ3v) is 20.2. The van der Waals surface area contributed by atoms with Gasteiger partial charge in [0.2, 0.25) is 11.7 Å². The van der Waals surface area contributed by atoms with Crippen LogP contribution in [0.15, 0.2) is 243 Å².